The number of hydrogen-bond acceptors (Lipinski definition) is 6. The molecule has 314 valence electrons. The average molecular weight is 815 g/mol. The first-order chi connectivity index (χ1) is 26.5. The molecule has 1 saturated heterocycles. The molecule has 0 bridgehead atoms. The van der Waals surface area contributed by atoms with Crippen molar-refractivity contribution in [2.75, 3.05) is 13.2 Å². The van der Waals surface area contributed by atoms with Crippen molar-refractivity contribution >= 4 is 16.6 Å². The number of benzene rings is 3. The Hall–Kier alpha value is -2.67. The highest BCUT2D eigenvalue weighted by atomic mass is 28.4. The molecule has 1 aliphatic heterocycles. The number of aliphatic hydroxyl groups excluding tert-OH is 1. The maximum Gasteiger partial charge on any atom is 0.192 e. The molecular weight excluding hydrogens is 741 g/mol. The molecule has 0 aromatic heterocycles. The summed E-state index contributed by atoms with van der Waals surface area (Å²) in [7, 11) is -4.35. The monoisotopic (exact) mass is 815 g/mol. The molecule has 1 unspecified atom stereocenters. The van der Waals surface area contributed by atoms with E-state index in [0.717, 1.165) is 23.1 Å². The van der Waals surface area contributed by atoms with E-state index >= 15 is 0 Å². The molecule has 1 N–H and O–H groups in total. The third kappa shape index (κ3) is 11.3. The lowest BCUT2D eigenvalue weighted by atomic mass is 9.80. The molecule has 0 aliphatic carbocycles. The summed E-state index contributed by atoms with van der Waals surface area (Å²) in [6.45, 7) is 33.6. The second-order valence-electron chi connectivity index (χ2n) is 19.4. The highest BCUT2D eigenvalue weighted by Crippen LogP contribution is 2.47. The van der Waals surface area contributed by atoms with Crippen LogP contribution >= 0.6 is 0 Å². The SMILES string of the molecule is C=C[C@H](CC)[C@@H](O)/C=C/C1(CCOC(c2ccccc2)(c2ccccc2)c2ccccc2)OC(C)(C)O[C@@H]1C[C@H](CO[Si](C)(C)C(C)(C)C)O[Si](C)(C)C(C)(C)C. The lowest BCUT2D eigenvalue weighted by Crippen LogP contribution is -2.50. The van der Waals surface area contributed by atoms with E-state index in [4.69, 9.17) is 23.1 Å². The van der Waals surface area contributed by atoms with E-state index in [-0.39, 0.29) is 22.1 Å². The summed E-state index contributed by atoms with van der Waals surface area (Å²) in [6, 6.07) is 31.3. The Morgan fingerprint density at radius 2 is 1.26 bits per heavy atom. The minimum atomic E-state index is -2.24. The van der Waals surface area contributed by atoms with E-state index in [0.29, 0.717) is 26.1 Å². The van der Waals surface area contributed by atoms with Gasteiger partial charge in [0.05, 0.1) is 31.5 Å². The molecule has 0 saturated carbocycles. The normalized spacial score (nSPS) is 21.1. The Labute approximate surface area is 348 Å². The van der Waals surface area contributed by atoms with Crippen molar-refractivity contribution in [1.82, 2.24) is 0 Å². The predicted octanol–water partition coefficient (Wildman–Crippen LogP) is 12.2. The van der Waals surface area contributed by atoms with Gasteiger partial charge in [-0.25, -0.2) is 0 Å². The van der Waals surface area contributed by atoms with E-state index < -0.39 is 45.8 Å². The molecular formula is C49H74O6Si2. The topological polar surface area (TPSA) is 66.4 Å². The van der Waals surface area contributed by atoms with Crippen molar-refractivity contribution in [3.63, 3.8) is 0 Å². The standard InChI is InChI=1S/C49H74O6Si2/c1-15-38(16-2)43(50)32-33-48(34-35-51-49(39-26-20-17-21-27-39,40-28-22-18-23-29-40)41-30-24-19-25-31-41)44(53-47(9,10)55-48)36-42(54-57(13,14)46(6,7)8)37-52-56(11,12)45(3,4)5/h15,17-33,38,42-44,50H,1,16,34-37H2,2-14H3/b33-32+/t38-,42-,43+,44-,48?/m1/s1. The molecule has 8 heteroatoms. The van der Waals surface area contributed by atoms with Crippen molar-refractivity contribution in [3.8, 4) is 0 Å². The highest BCUT2D eigenvalue weighted by molar-refractivity contribution is 6.74. The molecule has 0 radical (unpaired) electrons. The highest BCUT2D eigenvalue weighted by Gasteiger charge is 2.54. The van der Waals surface area contributed by atoms with Gasteiger partial charge >= 0.3 is 0 Å². The van der Waals surface area contributed by atoms with Crippen molar-refractivity contribution in [3.05, 3.63) is 132 Å². The molecule has 1 fully saturated rings. The minimum absolute atomic E-state index is 0.00102. The Bertz CT molecular complexity index is 1610. The summed E-state index contributed by atoms with van der Waals surface area (Å²) in [4.78, 5) is 0. The quantitative estimate of drug-likeness (QED) is 0.0739. The van der Waals surface area contributed by atoms with Crippen LogP contribution in [-0.4, -0.2) is 64.7 Å². The predicted molar refractivity (Wildman–Crippen MR) is 242 cm³/mol. The minimum Gasteiger partial charge on any atom is -0.414 e. The van der Waals surface area contributed by atoms with E-state index in [1.807, 2.05) is 50.3 Å². The van der Waals surface area contributed by atoms with Gasteiger partial charge in [-0.05, 0) is 73.2 Å². The zero-order valence-electron chi connectivity index (χ0n) is 37.4. The fraction of sp³-hybridized carbons (Fsp3) is 0.551. The molecule has 6 nitrogen and oxygen atoms in total. The van der Waals surface area contributed by atoms with E-state index in [9.17, 15) is 5.11 Å². The molecule has 4 rings (SSSR count). The summed E-state index contributed by atoms with van der Waals surface area (Å²) >= 11 is 0. The molecule has 5 atom stereocenters. The van der Waals surface area contributed by atoms with Gasteiger partial charge in [0.25, 0.3) is 0 Å². The van der Waals surface area contributed by atoms with Crippen LogP contribution in [0.25, 0.3) is 0 Å². The fourth-order valence-electron chi connectivity index (χ4n) is 7.26. The molecule has 0 amide bonds. The Morgan fingerprint density at radius 1 is 0.789 bits per heavy atom. The summed E-state index contributed by atoms with van der Waals surface area (Å²) < 4.78 is 35.5. The van der Waals surface area contributed by atoms with Crippen LogP contribution in [0.4, 0.5) is 0 Å². The van der Waals surface area contributed by atoms with E-state index in [1.54, 1.807) is 0 Å². The largest absolute Gasteiger partial charge is 0.414 e. The maximum absolute atomic E-state index is 11.5. The van der Waals surface area contributed by atoms with Crippen LogP contribution in [0, 0.1) is 5.92 Å². The van der Waals surface area contributed by atoms with E-state index in [1.165, 1.54) is 0 Å². The first kappa shape index (κ1) is 47.0. The smallest absolute Gasteiger partial charge is 0.192 e. The lowest BCUT2D eigenvalue weighted by Gasteiger charge is -2.43. The van der Waals surface area contributed by atoms with Gasteiger partial charge < -0.3 is 28.2 Å². The second kappa shape index (κ2) is 18.7. The van der Waals surface area contributed by atoms with Crippen LogP contribution in [0.3, 0.4) is 0 Å². The number of ether oxygens (including phenoxy) is 3. The first-order valence-electron chi connectivity index (χ1n) is 21.0. The van der Waals surface area contributed by atoms with Crippen LogP contribution in [0.1, 0.15) is 98.3 Å². The van der Waals surface area contributed by atoms with Crippen LogP contribution in [0.2, 0.25) is 36.3 Å². The Balaban J connectivity index is 1.83. The van der Waals surface area contributed by atoms with Crippen LogP contribution in [-0.2, 0) is 28.7 Å². The van der Waals surface area contributed by atoms with Crippen molar-refractivity contribution in [2.24, 2.45) is 5.92 Å². The third-order valence-electron chi connectivity index (χ3n) is 12.7. The fourth-order valence-corrected chi connectivity index (χ4v) is 9.64. The van der Waals surface area contributed by atoms with Gasteiger partial charge in [0.1, 0.15) is 11.2 Å². The summed E-state index contributed by atoms with van der Waals surface area (Å²) in [5.41, 5.74) is 1.23. The number of rotatable bonds is 19. The molecule has 0 spiro atoms. The lowest BCUT2D eigenvalue weighted by molar-refractivity contribution is -0.160. The summed E-state index contributed by atoms with van der Waals surface area (Å²) in [5.74, 6) is -1.02. The molecule has 3 aromatic carbocycles. The third-order valence-corrected chi connectivity index (χ3v) is 21.8. The van der Waals surface area contributed by atoms with Crippen LogP contribution in [0.15, 0.2) is 116 Å². The molecule has 1 aliphatic rings. The van der Waals surface area contributed by atoms with Gasteiger partial charge in [-0.1, -0.05) is 158 Å². The first-order valence-corrected chi connectivity index (χ1v) is 26.8. The maximum atomic E-state index is 11.5. The molecule has 1 heterocycles. The van der Waals surface area contributed by atoms with Gasteiger partial charge in [-0.15, -0.1) is 6.58 Å². The van der Waals surface area contributed by atoms with Gasteiger partial charge in [0.2, 0.25) is 0 Å². The second-order valence-corrected chi connectivity index (χ2v) is 29.0. The Kier molecular flexibility index (Phi) is 15.4. The molecule has 3 aromatic rings. The van der Waals surface area contributed by atoms with Crippen LogP contribution in [0.5, 0.6) is 0 Å². The summed E-state index contributed by atoms with van der Waals surface area (Å²) in [5, 5.41) is 11.5. The van der Waals surface area contributed by atoms with Gasteiger partial charge in [-0.2, -0.15) is 0 Å². The zero-order chi connectivity index (χ0) is 42.3. The molecule has 57 heavy (non-hydrogen) atoms. The van der Waals surface area contributed by atoms with Gasteiger partial charge in [0.15, 0.2) is 22.4 Å². The average Bonchev–Trinajstić information content (AvgIpc) is 3.40. The zero-order valence-corrected chi connectivity index (χ0v) is 39.4. The van der Waals surface area contributed by atoms with Gasteiger partial charge in [-0.3, -0.25) is 0 Å². The van der Waals surface area contributed by atoms with Crippen LogP contribution < -0.4 is 0 Å². The van der Waals surface area contributed by atoms with Gasteiger partial charge in [0, 0.05) is 18.8 Å². The van der Waals surface area contributed by atoms with Crippen molar-refractivity contribution < 1.29 is 28.2 Å². The van der Waals surface area contributed by atoms with Crippen molar-refractivity contribution in [2.45, 2.75) is 153 Å². The number of hydrogen-bond donors (Lipinski definition) is 1. The van der Waals surface area contributed by atoms with E-state index in [2.05, 4.69) is 154 Å². The summed E-state index contributed by atoms with van der Waals surface area (Å²) in [6.07, 6.45) is 6.10. The Morgan fingerprint density at radius 3 is 1.68 bits per heavy atom. The number of aliphatic hydroxyl groups is 1. The van der Waals surface area contributed by atoms with Crippen molar-refractivity contribution in [1.29, 1.82) is 0 Å².